The number of carbonyl (C=O) groups is 3. The fraction of sp³-hybridized carbons (Fsp3) is 0.258. The van der Waals surface area contributed by atoms with Gasteiger partial charge in [0.2, 0.25) is 5.91 Å². The molecule has 0 bridgehead atoms. The van der Waals surface area contributed by atoms with Crippen LogP contribution in [-0.4, -0.2) is 28.7 Å². The van der Waals surface area contributed by atoms with Crippen molar-refractivity contribution in [3.63, 3.8) is 0 Å². The smallest absolute Gasteiger partial charge is 0.323 e. The van der Waals surface area contributed by atoms with Gasteiger partial charge in [0.15, 0.2) is 5.78 Å². The number of amides is 3. The predicted octanol–water partition coefficient (Wildman–Crippen LogP) is 6.77. The van der Waals surface area contributed by atoms with Crippen LogP contribution in [0.15, 0.2) is 71.4 Å². The molecule has 1 aliphatic heterocycles. The fourth-order valence-corrected chi connectivity index (χ4v) is 7.91. The summed E-state index contributed by atoms with van der Waals surface area (Å²) in [5.74, 6) is -2.03. The summed E-state index contributed by atoms with van der Waals surface area (Å²) in [5.41, 5.74) is 11.1. The van der Waals surface area contributed by atoms with Gasteiger partial charge < -0.3 is 16.0 Å². The number of aryl methyl sites for hydroxylation is 4. The zero-order chi connectivity index (χ0) is 27.8. The van der Waals surface area contributed by atoms with Gasteiger partial charge in [-0.05, 0) is 85.0 Å². The SMILES string of the molecule is Cc1cccc(NC(=O)N2C(C(N)=O)C(c3sccc3C)C(C(=O)c3ccccc3C)C2c2sccc2C)c1. The maximum absolute atomic E-state index is 14.5. The molecule has 0 radical (unpaired) electrons. The molecule has 4 aromatic rings. The van der Waals surface area contributed by atoms with Crippen LogP contribution >= 0.6 is 22.7 Å². The van der Waals surface area contributed by atoms with Crippen molar-refractivity contribution in [2.45, 2.75) is 45.7 Å². The van der Waals surface area contributed by atoms with Crippen molar-refractivity contribution in [1.29, 1.82) is 0 Å². The Morgan fingerprint density at radius 3 is 2.08 bits per heavy atom. The number of anilines is 1. The number of benzene rings is 2. The number of rotatable bonds is 6. The maximum Gasteiger partial charge on any atom is 0.323 e. The van der Waals surface area contributed by atoms with Gasteiger partial charge in [-0.1, -0.05) is 36.4 Å². The lowest BCUT2D eigenvalue weighted by atomic mass is 9.78. The number of hydrogen-bond acceptors (Lipinski definition) is 5. The summed E-state index contributed by atoms with van der Waals surface area (Å²) in [7, 11) is 0. The van der Waals surface area contributed by atoms with Crippen molar-refractivity contribution in [1.82, 2.24) is 4.90 Å². The van der Waals surface area contributed by atoms with Gasteiger partial charge in [0, 0.05) is 26.9 Å². The van der Waals surface area contributed by atoms with Gasteiger partial charge in [0.05, 0.1) is 12.0 Å². The molecule has 1 fully saturated rings. The van der Waals surface area contributed by atoms with E-state index in [1.165, 1.54) is 27.6 Å². The minimum absolute atomic E-state index is 0.0965. The lowest BCUT2D eigenvalue weighted by Crippen LogP contribution is -2.48. The summed E-state index contributed by atoms with van der Waals surface area (Å²) in [5, 5.41) is 6.90. The summed E-state index contributed by atoms with van der Waals surface area (Å²) in [6.45, 7) is 7.80. The third-order valence-electron chi connectivity index (χ3n) is 7.55. The highest BCUT2D eigenvalue weighted by molar-refractivity contribution is 7.10. The van der Waals surface area contributed by atoms with Gasteiger partial charge in [-0.3, -0.25) is 9.59 Å². The highest BCUT2D eigenvalue weighted by atomic mass is 32.1. The van der Waals surface area contributed by atoms with E-state index in [-0.39, 0.29) is 5.78 Å². The van der Waals surface area contributed by atoms with E-state index in [0.717, 1.165) is 32.0 Å². The fourth-order valence-electron chi connectivity index (χ4n) is 5.73. The van der Waals surface area contributed by atoms with Crippen LogP contribution in [0.1, 0.15) is 54.3 Å². The molecule has 1 saturated heterocycles. The van der Waals surface area contributed by atoms with E-state index in [2.05, 4.69) is 5.32 Å². The standard InChI is InChI=1S/C31H31N3O3S2/c1-17-8-7-10-21(16-17)33-31(37)34-25(29-20(4)13-15-39-29)23(27(35)22-11-6-5-9-18(22)2)24(26(34)30(32)36)28-19(3)12-14-38-28/h5-16,23-26H,1-4H3,(H2,32,36)(H,33,37). The molecular weight excluding hydrogens is 526 g/mol. The second-order valence-corrected chi connectivity index (χ2v) is 12.1. The Kier molecular flexibility index (Phi) is 7.42. The van der Waals surface area contributed by atoms with Crippen LogP contribution in [0, 0.1) is 33.6 Å². The summed E-state index contributed by atoms with van der Waals surface area (Å²) in [6.07, 6.45) is 0. The van der Waals surface area contributed by atoms with Crippen molar-refractivity contribution in [2.24, 2.45) is 11.7 Å². The lowest BCUT2D eigenvalue weighted by molar-refractivity contribution is -0.122. The lowest BCUT2D eigenvalue weighted by Gasteiger charge is -2.30. The minimum Gasteiger partial charge on any atom is -0.368 e. The molecule has 200 valence electrons. The normalized spacial score (nSPS) is 20.7. The second-order valence-electron chi connectivity index (χ2n) is 10.2. The summed E-state index contributed by atoms with van der Waals surface area (Å²) in [4.78, 5) is 45.3. The molecule has 0 aliphatic carbocycles. The summed E-state index contributed by atoms with van der Waals surface area (Å²) in [6, 6.07) is 16.8. The van der Waals surface area contributed by atoms with E-state index >= 15 is 0 Å². The Morgan fingerprint density at radius 2 is 1.49 bits per heavy atom. The van der Waals surface area contributed by atoms with Gasteiger partial charge >= 0.3 is 6.03 Å². The Bertz CT molecular complexity index is 1560. The van der Waals surface area contributed by atoms with Crippen LogP contribution in [0.2, 0.25) is 0 Å². The molecule has 5 rings (SSSR count). The number of urea groups is 1. The van der Waals surface area contributed by atoms with Crippen molar-refractivity contribution in [2.75, 3.05) is 5.32 Å². The third-order valence-corrected chi connectivity index (χ3v) is 9.76. The van der Waals surface area contributed by atoms with Crippen molar-refractivity contribution >= 4 is 46.1 Å². The van der Waals surface area contributed by atoms with Crippen LogP contribution in [0.25, 0.3) is 0 Å². The molecule has 3 amide bonds. The molecule has 0 spiro atoms. The monoisotopic (exact) mass is 557 g/mol. The number of primary amides is 1. The third kappa shape index (κ3) is 4.90. The Hall–Kier alpha value is -3.75. The number of likely N-dealkylation sites (tertiary alicyclic amines) is 1. The first-order valence-electron chi connectivity index (χ1n) is 12.8. The molecular formula is C31H31N3O3S2. The Balaban J connectivity index is 1.73. The molecule has 2 aromatic carbocycles. The van der Waals surface area contributed by atoms with Crippen LogP contribution in [0.3, 0.4) is 0 Å². The summed E-state index contributed by atoms with van der Waals surface area (Å²) >= 11 is 2.99. The second kappa shape index (κ2) is 10.8. The number of thiophene rings is 2. The highest BCUT2D eigenvalue weighted by Gasteiger charge is 2.58. The largest absolute Gasteiger partial charge is 0.368 e. The van der Waals surface area contributed by atoms with E-state index in [9.17, 15) is 14.4 Å². The minimum atomic E-state index is -1.02. The number of ketones is 1. The van der Waals surface area contributed by atoms with Crippen LogP contribution in [0.4, 0.5) is 10.5 Å². The van der Waals surface area contributed by atoms with Crippen molar-refractivity contribution in [3.05, 3.63) is 109 Å². The highest BCUT2D eigenvalue weighted by Crippen LogP contribution is 2.54. The van der Waals surface area contributed by atoms with E-state index in [1.54, 1.807) is 0 Å². The molecule has 39 heavy (non-hydrogen) atoms. The predicted molar refractivity (Wildman–Crippen MR) is 158 cm³/mol. The van der Waals surface area contributed by atoms with Crippen LogP contribution in [0.5, 0.6) is 0 Å². The molecule has 8 heteroatoms. The van der Waals surface area contributed by atoms with Gasteiger partial charge in [-0.15, -0.1) is 22.7 Å². The van der Waals surface area contributed by atoms with Crippen LogP contribution < -0.4 is 11.1 Å². The molecule has 0 saturated carbocycles. The number of carbonyl (C=O) groups excluding carboxylic acids is 3. The molecule has 4 atom stereocenters. The first-order chi connectivity index (χ1) is 18.7. The molecule has 1 aliphatic rings. The average Bonchev–Trinajstić information content (AvgIpc) is 3.59. The summed E-state index contributed by atoms with van der Waals surface area (Å²) < 4.78 is 0. The Morgan fingerprint density at radius 1 is 0.821 bits per heavy atom. The maximum atomic E-state index is 14.5. The first kappa shape index (κ1) is 26.8. The van der Waals surface area contributed by atoms with Crippen molar-refractivity contribution in [3.8, 4) is 0 Å². The first-order valence-corrected chi connectivity index (χ1v) is 14.6. The van der Waals surface area contributed by atoms with E-state index in [0.29, 0.717) is 11.3 Å². The van der Waals surface area contributed by atoms with Crippen molar-refractivity contribution < 1.29 is 14.4 Å². The van der Waals surface area contributed by atoms with Gasteiger partial charge in [0.1, 0.15) is 6.04 Å². The number of nitrogens with two attached hydrogens (primary N) is 1. The molecule has 4 unspecified atom stereocenters. The number of nitrogens with zero attached hydrogens (tertiary/aromatic N) is 1. The van der Waals surface area contributed by atoms with E-state index < -0.39 is 35.9 Å². The topological polar surface area (TPSA) is 92.5 Å². The molecule has 3 N–H and O–H groups in total. The number of Topliss-reactive ketones (excluding diaryl/α,β-unsaturated/α-hetero) is 1. The van der Waals surface area contributed by atoms with Crippen LogP contribution in [-0.2, 0) is 4.79 Å². The molecule has 6 nitrogen and oxygen atoms in total. The van der Waals surface area contributed by atoms with Gasteiger partial charge in [-0.2, -0.15) is 0 Å². The van der Waals surface area contributed by atoms with Gasteiger partial charge in [0.25, 0.3) is 0 Å². The van der Waals surface area contributed by atoms with Gasteiger partial charge in [-0.25, -0.2) is 4.79 Å². The van der Waals surface area contributed by atoms with E-state index in [1.807, 2.05) is 99.1 Å². The van der Waals surface area contributed by atoms with E-state index in [4.69, 9.17) is 5.73 Å². The zero-order valence-corrected chi connectivity index (χ0v) is 23.9. The number of nitrogens with one attached hydrogen (secondary N) is 1. The average molecular weight is 558 g/mol. The quantitative estimate of drug-likeness (QED) is 0.256. The Labute approximate surface area is 236 Å². The zero-order valence-electron chi connectivity index (χ0n) is 22.3. The number of hydrogen-bond donors (Lipinski definition) is 2. The molecule has 2 aromatic heterocycles. The molecule has 3 heterocycles.